The van der Waals surface area contributed by atoms with Crippen LogP contribution in [0.15, 0.2) is 12.3 Å². The molecule has 1 aromatic rings. The predicted octanol–water partition coefficient (Wildman–Crippen LogP) is 2.17. The van der Waals surface area contributed by atoms with Crippen LogP contribution in [0.4, 0.5) is 19.0 Å². The van der Waals surface area contributed by atoms with Gasteiger partial charge in [0.05, 0.1) is 16.7 Å². The number of carboxylic acid groups (broad SMARTS) is 1. The Bertz CT molecular complexity index is 553. The van der Waals surface area contributed by atoms with Crippen LogP contribution in [-0.4, -0.2) is 39.9 Å². The van der Waals surface area contributed by atoms with E-state index in [2.05, 4.69) is 4.98 Å². The van der Waals surface area contributed by atoms with Gasteiger partial charge in [-0.1, -0.05) is 11.6 Å². The number of alkyl halides is 3. The van der Waals surface area contributed by atoms with Crippen LogP contribution in [0.3, 0.4) is 0 Å². The lowest BCUT2D eigenvalue weighted by Crippen LogP contribution is -2.49. The summed E-state index contributed by atoms with van der Waals surface area (Å²) in [6.45, 7) is 0.149. The van der Waals surface area contributed by atoms with Crippen molar-refractivity contribution in [2.45, 2.75) is 31.2 Å². The normalized spacial score (nSPS) is 23.2. The molecular weight excluding hydrogens is 313 g/mol. The zero-order valence-electron chi connectivity index (χ0n) is 10.6. The van der Waals surface area contributed by atoms with Gasteiger partial charge in [0.25, 0.3) is 0 Å². The smallest absolute Gasteiger partial charge is 0.417 e. The number of anilines is 1. The Morgan fingerprint density at radius 3 is 2.67 bits per heavy atom. The van der Waals surface area contributed by atoms with E-state index >= 15 is 0 Å². The molecule has 0 amide bonds. The molecule has 0 bridgehead atoms. The maximum atomic E-state index is 12.6. The van der Waals surface area contributed by atoms with E-state index in [1.54, 1.807) is 0 Å². The van der Waals surface area contributed by atoms with Crippen LogP contribution in [0.5, 0.6) is 0 Å². The first kappa shape index (κ1) is 15.8. The highest BCUT2D eigenvalue weighted by Gasteiger charge is 2.36. The molecule has 1 aromatic heterocycles. The van der Waals surface area contributed by atoms with Gasteiger partial charge < -0.3 is 15.1 Å². The fraction of sp³-hybridized carbons (Fsp3) is 0.500. The van der Waals surface area contributed by atoms with Gasteiger partial charge in [0.1, 0.15) is 11.9 Å². The van der Waals surface area contributed by atoms with Crippen molar-refractivity contribution in [3.8, 4) is 0 Å². The Hall–Kier alpha value is -1.54. The van der Waals surface area contributed by atoms with Crippen molar-refractivity contribution >= 4 is 23.4 Å². The molecule has 0 aromatic carbocycles. The molecule has 1 saturated heterocycles. The van der Waals surface area contributed by atoms with Crippen molar-refractivity contribution in [3.63, 3.8) is 0 Å². The number of aliphatic hydroxyl groups is 1. The first-order valence-electron chi connectivity index (χ1n) is 6.10. The van der Waals surface area contributed by atoms with Crippen molar-refractivity contribution < 1.29 is 28.2 Å². The fourth-order valence-corrected chi connectivity index (χ4v) is 2.51. The van der Waals surface area contributed by atoms with E-state index < -0.39 is 29.9 Å². The van der Waals surface area contributed by atoms with Gasteiger partial charge in [-0.2, -0.15) is 13.2 Å². The number of halogens is 4. The molecule has 1 aliphatic rings. The minimum Gasteiger partial charge on any atom is -0.480 e. The van der Waals surface area contributed by atoms with E-state index in [4.69, 9.17) is 16.7 Å². The number of rotatable bonds is 2. The Morgan fingerprint density at radius 2 is 2.14 bits per heavy atom. The van der Waals surface area contributed by atoms with Gasteiger partial charge >= 0.3 is 12.1 Å². The molecular formula is C12H12ClF3N2O3. The zero-order valence-corrected chi connectivity index (χ0v) is 11.4. The largest absolute Gasteiger partial charge is 0.480 e. The van der Waals surface area contributed by atoms with Gasteiger partial charge in [0, 0.05) is 19.2 Å². The van der Waals surface area contributed by atoms with Crippen molar-refractivity contribution in [1.29, 1.82) is 0 Å². The number of piperidine rings is 1. The molecule has 116 valence electrons. The lowest BCUT2D eigenvalue weighted by atomic mass is 9.99. The quantitative estimate of drug-likeness (QED) is 0.872. The van der Waals surface area contributed by atoms with Crippen LogP contribution in [0, 0.1) is 0 Å². The van der Waals surface area contributed by atoms with Crippen molar-refractivity contribution in [2.75, 3.05) is 11.4 Å². The number of carbonyl (C=O) groups is 1. The highest BCUT2D eigenvalue weighted by atomic mass is 35.5. The molecule has 2 atom stereocenters. The standard InChI is InChI=1S/C12H12ClF3N2O3/c13-8-3-6(12(14,15)16)5-17-10(8)18-2-1-7(19)4-9(18)11(20)21/h3,5,7,9,19H,1-2,4H2,(H,20,21)/t7-,9-/m0/s1. The number of aromatic nitrogens is 1. The third-order valence-corrected chi connectivity index (χ3v) is 3.56. The summed E-state index contributed by atoms with van der Waals surface area (Å²) in [6.07, 6.45) is -4.46. The van der Waals surface area contributed by atoms with Gasteiger partial charge in [-0.25, -0.2) is 9.78 Å². The monoisotopic (exact) mass is 324 g/mol. The maximum Gasteiger partial charge on any atom is 0.417 e. The predicted molar refractivity (Wildman–Crippen MR) is 68.3 cm³/mol. The summed E-state index contributed by atoms with van der Waals surface area (Å²) in [5, 5.41) is 18.4. The van der Waals surface area contributed by atoms with E-state index in [0.717, 1.165) is 0 Å². The first-order chi connectivity index (χ1) is 9.70. The van der Waals surface area contributed by atoms with E-state index in [9.17, 15) is 23.1 Å². The van der Waals surface area contributed by atoms with E-state index in [0.29, 0.717) is 18.7 Å². The number of carboxylic acids is 1. The van der Waals surface area contributed by atoms with Gasteiger partial charge in [0.2, 0.25) is 0 Å². The molecule has 0 aliphatic carbocycles. The molecule has 9 heteroatoms. The topological polar surface area (TPSA) is 73.7 Å². The van der Waals surface area contributed by atoms with Crippen LogP contribution in [0.1, 0.15) is 18.4 Å². The van der Waals surface area contributed by atoms with Crippen LogP contribution < -0.4 is 4.90 Å². The number of aliphatic carboxylic acids is 1. The molecule has 21 heavy (non-hydrogen) atoms. The first-order valence-corrected chi connectivity index (χ1v) is 6.48. The average molecular weight is 325 g/mol. The fourth-order valence-electron chi connectivity index (χ4n) is 2.23. The molecule has 2 rings (SSSR count). The molecule has 1 aliphatic heterocycles. The molecule has 0 unspecified atom stereocenters. The minimum atomic E-state index is -4.57. The summed E-state index contributed by atoms with van der Waals surface area (Å²) in [5.74, 6) is -1.21. The molecule has 0 radical (unpaired) electrons. The summed E-state index contributed by atoms with van der Waals surface area (Å²) in [5.41, 5.74) is -1.000. The summed E-state index contributed by atoms with van der Waals surface area (Å²) in [4.78, 5) is 16.2. The maximum absolute atomic E-state index is 12.6. The van der Waals surface area contributed by atoms with Crippen molar-refractivity contribution in [2.24, 2.45) is 0 Å². The highest BCUT2D eigenvalue weighted by Crippen LogP contribution is 2.35. The zero-order chi connectivity index (χ0) is 15.8. The Morgan fingerprint density at radius 1 is 1.48 bits per heavy atom. The summed E-state index contributed by atoms with van der Waals surface area (Å²) >= 11 is 5.82. The van der Waals surface area contributed by atoms with Gasteiger partial charge in [0.15, 0.2) is 0 Å². The number of pyridine rings is 1. The van der Waals surface area contributed by atoms with E-state index in [1.165, 1.54) is 4.90 Å². The molecule has 2 heterocycles. The van der Waals surface area contributed by atoms with Crippen LogP contribution in [-0.2, 0) is 11.0 Å². The molecule has 2 N–H and O–H groups in total. The van der Waals surface area contributed by atoms with E-state index in [-0.39, 0.29) is 23.8 Å². The lowest BCUT2D eigenvalue weighted by molar-refractivity contribution is -0.140. The number of nitrogens with zero attached hydrogens (tertiary/aromatic N) is 2. The number of hydrogen-bond acceptors (Lipinski definition) is 4. The second-order valence-electron chi connectivity index (χ2n) is 4.75. The molecule has 1 fully saturated rings. The summed E-state index contributed by atoms with van der Waals surface area (Å²) < 4.78 is 37.7. The minimum absolute atomic E-state index is 0.0241. The second-order valence-corrected chi connectivity index (χ2v) is 5.16. The third kappa shape index (κ3) is 3.38. The van der Waals surface area contributed by atoms with Gasteiger partial charge in [-0.15, -0.1) is 0 Å². The van der Waals surface area contributed by atoms with Gasteiger partial charge in [-0.3, -0.25) is 0 Å². The summed E-state index contributed by atoms with van der Waals surface area (Å²) in [7, 11) is 0. The van der Waals surface area contributed by atoms with Crippen molar-refractivity contribution in [3.05, 3.63) is 22.8 Å². The van der Waals surface area contributed by atoms with E-state index in [1.807, 2.05) is 0 Å². The average Bonchev–Trinajstić information content (AvgIpc) is 2.38. The molecule has 0 saturated carbocycles. The van der Waals surface area contributed by atoms with Crippen molar-refractivity contribution in [1.82, 2.24) is 4.98 Å². The lowest BCUT2D eigenvalue weighted by Gasteiger charge is -2.36. The van der Waals surface area contributed by atoms with Crippen LogP contribution in [0.2, 0.25) is 5.02 Å². The van der Waals surface area contributed by atoms with Crippen LogP contribution >= 0.6 is 11.6 Å². The number of aliphatic hydroxyl groups excluding tert-OH is 1. The highest BCUT2D eigenvalue weighted by molar-refractivity contribution is 6.33. The number of hydrogen-bond donors (Lipinski definition) is 2. The SMILES string of the molecule is O=C(O)[C@@H]1C[C@@H](O)CCN1c1ncc(C(F)(F)F)cc1Cl. The third-order valence-electron chi connectivity index (χ3n) is 3.28. The molecule has 0 spiro atoms. The second kappa shape index (κ2) is 5.69. The summed E-state index contributed by atoms with van der Waals surface area (Å²) in [6, 6.07) is -0.358. The van der Waals surface area contributed by atoms with Crippen LogP contribution in [0.25, 0.3) is 0 Å². The Balaban J connectivity index is 2.34. The van der Waals surface area contributed by atoms with Gasteiger partial charge in [-0.05, 0) is 12.5 Å². The Labute approximate surface area is 123 Å². The Kier molecular flexibility index (Phi) is 4.29. The molecule has 5 nitrogen and oxygen atoms in total.